The molecule has 1 aromatic carbocycles. The summed E-state index contributed by atoms with van der Waals surface area (Å²) in [6.07, 6.45) is 0.575. The second-order valence-electron chi connectivity index (χ2n) is 6.04. The molecule has 3 rings (SSSR count). The second kappa shape index (κ2) is 7.36. The average molecular weight is 348 g/mol. The molecule has 1 saturated heterocycles. The lowest BCUT2D eigenvalue weighted by Crippen LogP contribution is -2.48. The van der Waals surface area contributed by atoms with E-state index in [1.54, 1.807) is 0 Å². The lowest BCUT2D eigenvalue weighted by atomic mass is 10.2. The van der Waals surface area contributed by atoms with Crippen LogP contribution in [0.3, 0.4) is 0 Å². The number of aromatic nitrogens is 1. The highest BCUT2D eigenvalue weighted by atomic mass is 35.5. The van der Waals surface area contributed by atoms with Gasteiger partial charge in [0.1, 0.15) is 5.76 Å². The van der Waals surface area contributed by atoms with Crippen molar-refractivity contribution in [3.63, 3.8) is 0 Å². The number of halogens is 1. The highest BCUT2D eigenvalue weighted by Crippen LogP contribution is 2.25. The van der Waals surface area contributed by atoms with Gasteiger partial charge in [-0.2, -0.15) is 0 Å². The lowest BCUT2D eigenvalue weighted by molar-refractivity contribution is -0.132. The van der Waals surface area contributed by atoms with Crippen molar-refractivity contribution in [1.29, 1.82) is 0 Å². The number of carbonyl (C=O) groups excluding carboxylic acids is 1. The molecule has 128 valence electrons. The third-order valence-electron chi connectivity index (χ3n) is 4.37. The van der Waals surface area contributed by atoms with Crippen molar-refractivity contribution in [2.75, 3.05) is 26.2 Å². The number of nitrogens with zero attached hydrogens (tertiary/aromatic N) is 3. The molecular formula is C18H22ClN3O2. The van der Waals surface area contributed by atoms with Crippen LogP contribution in [0.2, 0.25) is 5.02 Å². The molecule has 1 fully saturated rings. The SMILES string of the molecule is CCC(=O)N1CCN(Cc2nc(-c3cccc(Cl)c3)oc2C)CC1. The highest BCUT2D eigenvalue weighted by Gasteiger charge is 2.22. The first-order valence-electron chi connectivity index (χ1n) is 8.29. The van der Waals surface area contributed by atoms with E-state index in [9.17, 15) is 4.79 Å². The third kappa shape index (κ3) is 3.79. The Labute approximate surface area is 147 Å². The molecule has 6 heteroatoms. The Morgan fingerprint density at radius 1 is 1.29 bits per heavy atom. The first-order chi connectivity index (χ1) is 11.6. The Morgan fingerprint density at radius 3 is 2.71 bits per heavy atom. The Hall–Kier alpha value is -1.85. The van der Waals surface area contributed by atoms with E-state index < -0.39 is 0 Å². The van der Waals surface area contributed by atoms with Crippen LogP contribution in [-0.4, -0.2) is 46.9 Å². The number of carbonyl (C=O) groups is 1. The predicted molar refractivity (Wildman–Crippen MR) is 93.8 cm³/mol. The maximum absolute atomic E-state index is 11.7. The average Bonchev–Trinajstić information content (AvgIpc) is 2.96. The van der Waals surface area contributed by atoms with Crippen molar-refractivity contribution in [3.8, 4) is 11.5 Å². The van der Waals surface area contributed by atoms with Gasteiger partial charge in [-0.1, -0.05) is 24.6 Å². The number of rotatable bonds is 4. The van der Waals surface area contributed by atoms with Crippen LogP contribution in [0.15, 0.2) is 28.7 Å². The van der Waals surface area contributed by atoms with Gasteiger partial charge in [-0.25, -0.2) is 4.98 Å². The summed E-state index contributed by atoms with van der Waals surface area (Å²) in [5.74, 6) is 1.66. The van der Waals surface area contributed by atoms with Gasteiger partial charge in [-0.3, -0.25) is 9.69 Å². The summed E-state index contributed by atoms with van der Waals surface area (Å²) >= 11 is 6.04. The molecule has 0 spiro atoms. The van der Waals surface area contributed by atoms with E-state index in [0.29, 0.717) is 17.3 Å². The maximum Gasteiger partial charge on any atom is 0.226 e. The zero-order valence-corrected chi connectivity index (χ0v) is 14.8. The van der Waals surface area contributed by atoms with Gasteiger partial charge in [0.05, 0.1) is 5.69 Å². The summed E-state index contributed by atoms with van der Waals surface area (Å²) < 4.78 is 5.81. The lowest BCUT2D eigenvalue weighted by Gasteiger charge is -2.34. The number of hydrogen-bond acceptors (Lipinski definition) is 4. The maximum atomic E-state index is 11.7. The fourth-order valence-electron chi connectivity index (χ4n) is 2.91. The molecular weight excluding hydrogens is 326 g/mol. The fraction of sp³-hybridized carbons (Fsp3) is 0.444. The summed E-state index contributed by atoms with van der Waals surface area (Å²) in [4.78, 5) is 20.6. The molecule has 24 heavy (non-hydrogen) atoms. The van der Waals surface area contributed by atoms with E-state index in [4.69, 9.17) is 16.0 Å². The predicted octanol–water partition coefficient (Wildman–Crippen LogP) is 3.36. The number of amides is 1. The molecule has 2 aromatic rings. The Kier molecular flexibility index (Phi) is 5.21. The number of oxazole rings is 1. The minimum Gasteiger partial charge on any atom is -0.441 e. The fourth-order valence-corrected chi connectivity index (χ4v) is 3.10. The number of piperazine rings is 1. The smallest absolute Gasteiger partial charge is 0.226 e. The van der Waals surface area contributed by atoms with Crippen molar-refractivity contribution < 1.29 is 9.21 Å². The number of hydrogen-bond donors (Lipinski definition) is 0. The third-order valence-corrected chi connectivity index (χ3v) is 4.60. The van der Waals surface area contributed by atoms with Gasteiger partial charge in [-0.05, 0) is 25.1 Å². The molecule has 1 aliphatic heterocycles. The number of benzene rings is 1. The van der Waals surface area contributed by atoms with Gasteiger partial charge >= 0.3 is 0 Å². The monoisotopic (exact) mass is 347 g/mol. The minimum atomic E-state index is 0.232. The zero-order chi connectivity index (χ0) is 17.1. The van der Waals surface area contributed by atoms with E-state index in [2.05, 4.69) is 9.88 Å². The van der Waals surface area contributed by atoms with Crippen LogP contribution in [0.5, 0.6) is 0 Å². The van der Waals surface area contributed by atoms with E-state index >= 15 is 0 Å². The van der Waals surface area contributed by atoms with Crippen LogP contribution in [0.25, 0.3) is 11.5 Å². The van der Waals surface area contributed by atoms with Gasteiger partial charge in [0.15, 0.2) is 0 Å². The molecule has 0 bridgehead atoms. The van der Waals surface area contributed by atoms with Crippen LogP contribution in [0.1, 0.15) is 24.8 Å². The minimum absolute atomic E-state index is 0.232. The van der Waals surface area contributed by atoms with Crippen molar-refractivity contribution >= 4 is 17.5 Å². The van der Waals surface area contributed by atoms with Crippen molar-refractivity contribution in [1.82, 2.24) is 14.8 Å². The molecule has 0 saturated carbocycles. The van der Waals surface area contributed by atoms with Crippen LogP contribution in [0, 0.1) is 6.92 Å². The largest absolute Gasteiger partial charge is 0.441 e. The quantitative estimate of drug-likeness (QED) is 0.851. The molecule has 0 radical (unpaired) electrons. The molecule has 0 N–H and O–H groups in total. The van der Waals surface area contributed by atoms with E-state index in [1.807, 2.05) is 43.0 Å². The van der Waals surface area contributed by atoms with E-state index in [-0.39, 0.29) is 5.91 Å². The molecule has 5 nitrogen and oxygen atoms in total. The van der Waals surface area contributed by atoms with Gasteiger partial charge in [0.2, 0.25) is 11.8 Å². The molecule has 0 aliphatic carbocycles. The van der Waals surface area contributed by atoms with Crippen molar-refractivity contribution in [3.05, 3.63) is 40.7 Å². The van der Waals surface area contributed by atoms with Crippen LogP contribution in [0.4, 0.5) is 0 Å². The molecule has 2 heterocycles. The Bertz CT molecular complexity index is 721. The second-order valence-corrected chi connectivity index (χ2v) is 6.48. The first kappa shape index (κ1) is 17.0. The molecule has 0 unspecified atom stereocenters. The van der Waals surface area contributed by atoms with Gasteiger partial charge in [0.25, 0.3) is 0 Å². The molecule has 0 atom stereocenters. The van der Waals surface area contributed by atoms with Gasteiger partial charge in [0, 0.05) is 49.7 Å². The Morgan fingerprint density at radius 2 is 2.04 bits per heavy atom. The summed E-state index contributed by atoms with van der Waals surface area (Å²) in [7, 11) is 0. The summed E-state index contributed by atoms with van der Waals surface area (Å²) in [6, 6.07) is 7.52. The summed E-state index contributed by atoms with van der Waals surface area (Å²) in [6.45, 7) is 7.88. The van der Waals surface area contributed by atoms with Crippen molar-refractivity contribution in [2.24, 2.45) is 0 Å². The van der Waals surface area contributed by atoms with Crippen LogP contribution in [-0.2, 0) is 11.3 Å². The van der Waals surface area contributed by atoms with Crippen molar-refractivity contribution in [2.45, 2.75) is 26.8 Å². The van der Waals surface area contributed by atoms with Gasteiger partial charge in [-0.15, -0.1) is 0 Å². The van der Waals surface area contributed by atoms with Gasteiger partial charge < -0.3 is 9.32 Å². The summed E-state index contributed by atoms with van der Waals surface area (Å²) in [5, 5.41) is 0.668. The zero-order valence-electron chi connectivity index (χ0n) is 14.1. The normalized spacial score (nSPS) is 15.7. The summed E-state index contributed by atoms with van der Waals surface area (Å²) in [5.41, 5.74) is 1.83. The molecule has 1 aromatic heterocycles. The molecule has 1 aliphatic rings. The standard InChI is InChI=1S/C18H22ClN3O2/c1-3-17(23)22-9-7-21(8-10-22)12-16-13(2)24-18(20-16)14-5-4-6-15(19)11-14/h4-6,11H,3,7-10,12H2,1-2H3. The first-order valence-corrected chi connectivity index (χ1v) is 8.67. The Balaban J connectivity index is 1.66. The topological polar surface area (TPSA) is 49.6 Å². The van der Waals surface area contributed by atoms with Crippen LogP contribution >= 0.6 is 11.6 Å². The van der Waals surface area contributed by atoms with Crippen LogP contribution < -0.4 is 0 Å². The molecule has 1 amide bonds. The van der Waals surface area contributed by atoms with E-state index in [0.717, 1.165) is 49.7 Å². The van der Waals surface area contributed by atoms with E-state index in [1.165, 1.54) is 0 Å². The number of aryl methyl sites for hydroxylation is 1. The highest BCUT2D eigenvalue weighted by molar-refractivity contribution is 6.30.